The van der Waals surface area contributed by atoms with Gasteiger partial charge in [-0.05, 0) is 50.3 Å². The molecule has 0 aliphatic heterocycles. The molecule has 5 nitrogen and oxygen atoms in total. The quantitative estimate of drug-likeness (QED) is 0.912. The van der Waals surface area contributed by atoms with Crippen LogP contribution in [-0.2, 0) is 17.1 Å². The molecule has 1 aliphatic carbocycles. The second-order valence-corrected chi connectivity index (χ2v) is 7.76. The summed E-state index contributed by atoms with van der Waals surface area (Å²) in [6, 6.07) is 5.67. The number of aromatic nitrogens is 2. The highest BCUT2D eigenvalue weighted by atomic mass is 32.2. The molecule has 1 aromatic carbocycles. The van der Waals surface area contributed by atoms with Gasteiger partial charge in [0.05, 0.1) is 11.4 Å². The van der Waals surface area contributed by atoms with Crippen molar-refractivity contribution in [2.45, 2.75) is 37.6 Å². The summed E-state index contributed by atoms with van der Waals surface area (Å²) in [5, 5.41) is 4.18. The molecule has 1 aromatic heterocycles. The smallest absolute Gasteiger partial charge is 0.244 e. The number of halogens is 1. The SMILES string of the molecule is Cc1nn(C)c(C)c1S(=O)(=O)NC(c1ccc(F)cc1)C1CC1. The van der Waals surface area contributed by atoms with Crippen molar-refractivity contribution in [2.75, 3.05) is 0 Å². The highest BCUT2D eigenvalue weighted by Crippen LogP contribution is 2.42. The highest BCUT2D eigenvalue weighted by molar-refractivity contribution is 7.89. The van der Waals surface area contributed by atoms with Crippen molar-refractivity contribution in [3.05, 3.63) is 47.0 Å². The zero-order chi connectivity index (χ0) is 16.8. The lowest BCUT2D eigenvalue weighted by Gasteiger charge is -2.19. The molecule has 1 saturated carbocycles. The fraction of sp³-hybridized carbons (Fsp3) is 0.438. The van der Waals surface area contributed by atoms with Crippen LogP contribution in [0.3, 0.4) is 0 Å². The molecule has 1 heterocycles. The normalized spacial score (nSPS) is 16.5. The fourth-order valence-electron chi connectivity index (χ4n) is 2.91. The Morgan fingerprint density at radius 2 is 1.87 bits per heavy atom. The van der Waals surface area contributed by atoms with Crippen molar-refractivity contribution < 1.29 is 12.8 Å². The second-order valence-electron chi connectivity index (χ2n) is 6.11. The summed E-state index contributed by atoms with van der Waals surface area (Å²) in [7, 11) is -1.97. The molecule has 7 heteroatoms. The Hall–Kier alpha value is -1.73. The third-order valence-corrected chi connectivity index (χ3v) is 6.01. The largest absolute Gasteiger partial charge is 0.271 e. The van der Waals surface area contributed by atoms with Gasteiger partial charge in [-0.2, -0.15) is 5.10 Å². The van der Waals surface area contributed by atoms with Gasteiger partial charge in [-0.3, -0.25) is 4.68 Å². The van der Waals surface area contributed by atoms with Gasteiger partial charge in [-0.25, -0.2) is 17.5 Å². The van der Waals surface area contributed by atoms with Gasteiger partial charge in [0.2, 0.25) is 10.0 Å². The summed E-state index contributed by atoms with van der Waals surface area (Å²) in [5.41, 5.74) is 1.87. The third-order valence-electron chi connectivity index (χ3n) is 4.32. The summed E-state index contributed by atoms with van der Waals surface area (Å²) in [4.78, 5) is 0.229. The van der Waals surface area contributed by atoms with E-state index in [-0.39, 0.29) is 22.7 Å². The van der Waals surface area contributed by atoms with Gasteiger partial charge in [0.15, 0.2) is 0 Å². The average Bonchev–Trinajstić information content (AvgIpc) is 3.26. The van der Waals surface area contributed by atoms with E-state index in [4.69, 9.17) is 0 Å². The molecule has 1 unspecified atom stereocenters. The van der Waals surface area contributed by atoms with E-state index in [0.717, 1.165) is 18.4 Å². The number of hydrogen-bond donors (Lipinski definition) is 1. The van der Waals surface area contributed by atoms with Crippen LogP contribution in [0.4, 0.5) is 4.39 Å². The van der Waals surface area contributed by atoms with Gasteiger partial charge >= 0.3 is 0 Å². The van der Waals surface area contributed by atoms with Gasteiger partial charge in [0.1, 0.15) is 10.7 Å². The molecular weight excluding hydrogens is 317 g/mol. The Morgan fingerprint density at radius 3 is 2.35 bits per heavy atom. The average molecular weight is 337 g/mol. The van der Waals surface area contributed by atoms with E-state index in [1.54, 1.807) is 37.7 Å². The number of benzene rings is 1. The van der Waals surface area contributed by atoms with Crippen LogP contribution in [0, 0.1) is 25.6 Å². The van der Waals surface area contributed by atoms with Crippen LogP contribution >= 0.6 is 0 Å². The predicted molar refractivity (Wildman–Crippen MR) is 84.9 cm³/mol. The van der Waals surface area contributed by atoms with Crippen LogP contribution in [0.25, 0.3) is 0 Å². The van der Waals surface area contributed by atoms with E-state index in [2.05, 4.69) is 9.82 Å². The van der Waals surface area contributed by atoms with Crippen molar-refractivity contribution in [3.63, 3.8) is 0 Å². The highest BCUT2D eigenvalue weighted by Gasteiger charge is 2.36. The van der Waals surface area contributed by atoms with Crippen LogP contribution in [0.15, 0.2) is 29.2 Å². The summed E-state index contributed by atoms with van der Waals surface area (Å²) >= 11 is 0. The van der Waals surface area contributed by atoms with Gasteiger partial charge in [0, 0.05) is 13.1 Å². The molecule has 1 aliphatic rings. The third kappa shape index (κ3) is 3.16. The molecule has 1 fully saturated rings. The summed E-state index contributed by atoms with van der Waals surface area (Å²) in [6.07, 6.45) is 1.94. The molecule has 0 bridgehead atoms. The first-order valence-corrected chi connectivity index (χ1v) is 9.06. The Kier molecular flexibility index (Phi) is 4.01. The number of aryl methyl sites for hydroxylation is 2. The number of sulfonamides is 1. The first kappa shape index (κ1) is 16.1. The maximum Gasteiger partial charge on any atom is 0.244 e. The lowest BCUT2D eigenvalue weighted by Crippen LogP contribution is -2.30. The maximum absolute atomic E-state index is 13.1. The van der Waals surface area contributed by atoms with Crippen LogP contribution in [0.2, 0.25) is 0 Å². The molecule has 0 saturated heterocycles. The monoisotopic (exact) mass is 337 g/mol. The molecule has 0 radical (unpaired) electrons. The number of hydrogen-bond acceptors (Lipinski definition) is 3. The topological polar surface area (TPSA) is 64.0 Å². The van der Waals surface area contributed by atoms with E-state index in [0.29, 0.717) is 11.4 Å². The van der Waals surface area contributed by atoms with E-state index in [1.165, 1.54) is 12.1 Å². The van der Waals surface area contributed by atoms with E-state index >= 15 is 0 Å². The van der Waals surface area contributed by atoms with Crippen LogP contribution in [0.5, 0.6) is 0 Å². The number of nitrogens with zero attached hydrogens (tertiary/aromatic N) is 2. The van der Waals surface area contributed by atoms with Crippen LogP contribution < -0.4 is 4.72 Å². The standard InChI is InChI=1S/C16H20FN3O2S/c1-10-16(11(2)20(3)18-10)23(21,22)19-15(12-4-5-12)13-6-8-14(17)9-7-13/h6-9,12,15,19H,4-5H2,1-3H3. The molecule has 2 aromatic rings. The van der Waals surface area contributed by atoms with Crippen molar-refractivity contribution >= 4 is 10.0 Å². The van der Waals surface area contributed by atoms with Gasteiger partial charge in [0.25, 0.3) is 0 Å². The molecule has 1 N–H and O–H groups in total. The Morgan fingerprint density at radius 1 is 1.26 bits per heavy atom. The lowest BCUT2D eigenvalue weighted by atomic mass is 10.0. The predicted octanol–water partition coefficient (Wildman–Crippen LogP) is 2.61. The minimum absolute atomic E-state index is 0.229. The Labute approximate surface area is 135 Å². The van der Waals surface area contributed by atoms with E-state index in [1.807, 2.05) is 0 Å². The first-order valence-electron chi connectivity index (χ1n) is 7.57. The van der Waals surface area contributed by atoms with Crippen LogP contribution in [0.1, 0.15) is 35.8 Å². The van der Waals surface area contributed by atoms with Crippen molar-refractivity contribution in [2.24, 2.45) is 13.0 Å². The van der Waals surface area contributed by atoms with Crippen molar-refractivity contribution in [1.29, 1.82) is 0 Å². The molecule has 3 rings (SSSR count). The fourth-order valence-corrected chi connectivity index (χ4v) is 4.64. The minimum atomic E-state index is -3.69. The van der Waals surface area contributed by atoms with Crippen molar-refractivity contribution in [1.82, 2.24) is 14.5 Å². The minimum Gasteiger partial charge on any atom is -0.271 e. The molecule has 0 amide bonds. The van der Waals surface area contributed by atoms with Gasteiger partial charge in [-0.1, -0.05) is 12.1 Å². The number of rotatable bonds is 5. The Bertz CT molecular complexity index is 824. The lowest BCUT2D eigenvalue weighted by molar-refractivity contribution is 0.527. The molecule has 124 valence electrons. The molecule has 23 heavy (non-hydrogen) atoms. The van der Waals surface area contributed by atoms with Gasteiger partial charge < -0.3 is 0 Å². The maximum atomic E-state index is 13.1. The van der Waals surface area contributed by atoms with Gasteiger partial charge in [-0.15, -0.1) is 0 Å². The first-order chi connectivity index (χ1) is 10.8. The van der Waals surface area contributed by atoms with Crippen molar-refractivity contribution in [3.8, 4) is 0 Å². The second kappa shape index (κ2) is 5.72. The zero-order valence-corrected chi connectivity index (χ0v) is 14.2. The van der Waals surface area contributed by atoms with E-state index in [9.17, 15) is 12.8 Å². The Balaban J connectivity index is 1.95. The van der Waals surface area contributed by atoms with Crippen LogP contribution in [-0.4, -0.2) is 18.2 Å². The van der Waals surface area contributed by atoms with E-state index < -0.39 is 10.0 Å². The molecular formula is C16H20FN3O2S. The summed E-state index contributed by atoms with van der Waals surface area (Å²) in [5.74, 6) is -0.0716. The summed E-state index contributed by atoms with van der Waals surface area (Å²) < 4.78 is 43.2. The molecule has 0 spiro atoms. The number of nitrogens with one attached hydrogen (secondary N) is 1. The summed E-state index contributed by atoms with van der Waals surface area (Å²) in [6.45, 7) is 3.42. The molecule has 1 atom stereocenters. The zero-order valence-electron chi connectivity index (χ0n) is 13.4.